The Morgan fingerprint density at radius 3 is 2.68 bits per heavy atom. The first-order valence-corrected chi connectivity index (χ1v) is 11.6. The van der Waals surface area contributed by atoms with E-state index in [1.807, 2.05) is 6.07 Å². The zero-order valence-electron chi connectivity index (χ0n) is 20.6. The summed E-state index contributed by atoms with van der Waals surface area (Å²) >= 11 is 0. The Kier molecular flexibility index (Phi) is 7.57. The lowest BCUT2D eigenvalue weighted by Gasteiger charge is -2.37. The van der Waals surface area contributed by atoms with Crippen LogP contribution in [0.2, 0.25) is 0 Å². The average Bonchev–Trinajstić information content (AvgIpc) is 3.28. The highest BCUT2D eigenvalue weighted by Crippen LogP contribution is 2.30. The molecule has 0 saturated carbocycles. The van der Waals surface area contributed by atoms with Crippen LogP contribution in [-0.4, -0.2) is 77.2 Å². The highest BCUT2D eigenvalue weighted by molar-refractivity contribution is 5.89. The fraction of sp³-hybridized carbons (Fsp3) is 0.478. The van der Waals surface area contributed by atoms with Crippen molar-refractivity contribution in [2.45, 2.75) is 25.1 Å². The highest BCUT2D eigenvalue weighted by atomic mass is 19.4. The first-order chi connectivity index (χ1) is 17.6. The van der Waals surface area contributed by atoms with Gasteiger partial charge in [0.1, 0.15) is 12.3 Å². The molecule has 4 rings (SSSR count). The van der Waals surface area contributed by atoms with Gasteiger partial charge in [-0.1, -0.05) is 0 Å². The van der Waals surface area contributed by atoms with Crippen LogP contribution in [0.25, 0.3) is 11.0 Å². The molecule has 14 heteroatoms. The molecule has 3 aromatic rings. The van der Waals surface area contributed by atoms with E-state index < -0.39 is 29.0 Å². The third-order valence-electron chi connectivity index (χ3n) is 6.34. The Morgan fingerprint density at radius 1 is 1.27 bits per heavy atom. The van der Waals surface area contributed by atoms with Gasteiger partial charge in [-0.2, -0.15) is 13.2 Å². The lowest BCUT2D eigenvalue weighted by molar-refractivity contribution is -0.138. The molecule has 1 aliphatic rings. The number of halogens is 3. The van der Waals surface area contributed by atoms with Crippen molar-refractivity contribution in [2.24, 2.45) is 7.05 Å². The molecule has 2 N–H and O–H groups in total. The van der Waals surface area contributed by atoms with Crippen molar-refractivity contribution < 1.29 is 27.4 Å². The molecular formula is C23H28F3N7O4. The van der Waals surface area contributed by atoms with Crippen molar-refractivity contribution >= 4 is 28.4 Å². The van der Waals surface area contributed by atoms with Crippen LogP contribution in [0.4, 0.5) is 29.3 Å². The normalized spacial score (nSPS) is 14.7. The quantitative estimate of drug-likeness (QED) is 0.458. The largest absolute Gasteiger partial charge is 0.474 e. The topological polar surface area (TPSA) is 118 Å². The first-order valence-electron chi connectivity index (χ1n) is 11.6. The number of methoxy groups -OCH3 is 1. The van der Waals surface area contributed by atoms with Crippen LogP contribution in [0, 0.1) is 0 Å². The number of ether oxygens (including phenoxy) is 2. The van der Waals surface area contributed by atoms with Crippen LogP contribution < -0.4 is 20.5 Å². The monoisotopic (exact) mass is 523 g/mol. The molecule has 37 heavy (non-hydrogen) atoms. The number of nitrogens with zero attached hydrogens (tertiary/aromatic N) is 5. The van der Waals surface area contributed by atoms with Crippen LogP contribution in [0.5, 0.6) is 5.88 Å². The molecule has 3 aromatic heterocycles. The number of urea groups is 1. The molecule has 200 valence electrons. The summed E-state index contributed by atoms with van der Waals surface area (Å²) in [5.41, 5.74) is -0.685. The minimum Gasteiger partial charge on any atom is -0.474 e. The number of rotatable bonds is 7. The van der Waals surface area contributed by atoms with E-state index in [2.05, 4.69) is 25.4 Å². The molecule has 0 aliphatic carbocycles. The van der Waals surface area contributed by atoms with Crippen molar-refractivity contribution in [1.29, 1.82) is 0 Å². The summed E-state index contributed by atoms with van der Waals surface area (Å²) in [6, 6.07) is 1.79. The number of nitrogens with one attached hydrogen (secondary N) is 2. The number of carbonyl (C=O) groups is 1. The van der Waals surface area contributed by atoms with Crippen LogP contribution in [0.15, 0.2) is 29.3 Å². The third-order valence-corrected chi connectivity index (χ3v) is 6.34. The molecule has 0 radical (unpaired) electrons. The van der Waals surface area contributed by atoms with Crippen molar-refractivity contribution in [2.75, 3.05) is 50.7 Å². The fourth-order valence-corrected chi connectivity index (χ4v) is 4.21. The number of piperidine rings is 1. The van der Waals surface area contributed by atoms with E-state index in [-0.39, 0.29) is 6.04 Å². The third kappa shape index (κ3) is 5.79. The van der Waals surface area contributed by atoms with Crippen molar-refractivity contribution in [3.05, 3.63) is 40.4 Å². The number of fused-ring (bicyclic) bond motifs is 1. The van der Waals surface area contributed by atoms with Gasteiger partial charge in [0.25, 0.3) is 5.56 Å². The van der Waals surface area contributed by atoms with Crippen molar-refractivity contribution in [3.63, 3.8) is 0 Å². The highest BCUT2D eigenvalue weighted by Gasteiger charge is 2.33. The number of hydrogen-bond acceptors (Lipinski definition) is 7. The Hall–Kier alpha value is -3.81. The Labute approximate surface area is 210 Å². The average molecular weight is 524 g/mol. The van der Waals surface area contributed by atoms with Gasteiger partial charge in [0.2, 0.25) is 5.88 Å². The summed E-state index contributed by atoms with van der Waals surface area (Å²) in [6.07, 6.45) is -0.980. The van der Waals surface area contributed by atoms with E-state index in [4.69, 9.17) is 9.47 Å². The maximum absolute atomic E-state index is 13.1. The van der Waals surface area contributed by atoms with Gasteiger partial charge >= 0.3 is 12.2 Å². The molecule has 0 bridgehead atoms. The van der Waals surface area contributed by atoms with Gasteiger partial charge in [-0.15, -0.1) is 5.10 Å². The van der Waals surface area contributed by atoms with E-state index in [0.29, 0.717) is 62.9 Å². The molecule has 4 heterocycles. The van der Waals surface area contributed by atoms with E-state index in [9.17, 15) is 22.8 Å². The van der Waals surface area contributed by atoms with Gasteiger partial charge < -0.3 is 29.2 Å². The zero-order chi connectivity index (χ0) is 26.7. The first kappa shape index (κ1) is 26.3. The molecular weight excluding hydrogens is 495 g/mol. The van der Waals surface area contributed by atoms with E-state index in [1.165, 1.54) is 11.9 Å². The van der Waals surface area contributed by atoms with Gasteiger partial charge in [0, 0.05) is 46.5 Å². The maximum Gasteiger partial charge on any atom is 0.417 e. The maximum atomic E-state index is 13.1. The molecule has 0 aromatic carbocycles. The van der Waals surface area contributed by atoms with Crippen molar-refractivity contribution in [1.82, 2.24) is 24.6 Å². The van der Waals surface area contributed by atoms with Gasteiger partial charge in [-0.25, -0.2) is 9.78 Å². The predicted octanol–water partition coefficient (Wildman–Crippen LogP) is 2.83. The number of aromatic amines is 1. The standard InChI is InChI=1S/C23H28F3N7O4/c1-31-13-14(23(24,25)26)10-18(21(31)34)28-22(35)32(2)15-4-6-33(7-5-15)16-11-17-19(27-12-16)29-30-20(17)37-9-8-36-3/h10-13,15H,4-9H2,1-3H3,(H,28,35)(H,27,29,30). The number of alkyl halides is 3. The van der Waals surface area contributed by atoms with Crippen molar-refractivity contribution in [3.8, 4) is 5.88 Å². The lowest BCUT2D eigenvalue weighted by atomic mass is 10.0. The zero-order valence-corrected chi connectivity index (χ0v) is 20.6. The molecule has 0 unspecified atom stereocenters. The number of hydrogen-bond donors (Lipinski definition) is 2. The summed E-state index contributed by atoms with van der Waals surface area (Å²) in [4.78, 5) is 33.0. The van der Waals surface area contributed by atoms with E-state index in [0.717, 1.165) is 15.6 Å². The number of carbonyl (C=O) groups excluding carboxylic acids is 1. The van der Waals surface area contributed by atoms with Gasteiger partial charge in [0.05, 0.1) is 29.4 Å². The lowest BCUT2D eigenvalue weighted by Crippen LogP contribution is -2.47. The Balaban J connectivity index is 1.39. The summed E-state index contributed by atoms with van der Waals surface area (Å²) in [7, 11) is 4.36. The summed E-state index contributed by atoms with van der Waals surface area (Å²) in [5, 5.41) is 10.1. The number of aryl methyl sites for hydroxylation is 1. The van der Waals surface area contributed by atoms with Crippen LogP contribution >= 0.6 is 0 Å². The summed E-state index contributed by atoms with van der Waals surface area (Å²) in [6.45, 7) is 2.03. The van der Waals surface area contributed by atoms with Gasteiger partial charge in [-0.3, -0.25) is 9.89 Å². The molecule has 0 spiro atoms. The number of anilines is 2. The second-order valence-corrected chi connectivity index (χ2v) is 8.78. The smallest absolute Gasteiger partial charge is 0.417 e. The molecule has 2 amide bonds. The Morgan fingerprint density at radius 2 is 2.00 bits per heavy atom. The number of amides is 2. The molecule has 11 nitrogen and oxygen atoms in total. The van der Waals surface area contributed by atoms with E-state index >= 15 is 0 Å². The van der Waals surface area contributed by atoms with Crippen LogP contribution in [0.1, 0.15) is 18.4 Å². The summed E-state index contributed by atoms with van der Waals surface area (Å²) in [5.74, 6) is 0.438. The molecule has 1 aliphatic heterocycles. The number of aromatic nitrogens is 4. The van der Waals surface area contributed by atoms with Gasteiger partial charge in [-0.05, 0) is 25.0 Å². The van der Waals surface area contributed by atoms with E-state index in [1.54, 1.807) is 20.4 Å². The second kappa shape index (κ2) is 10.7. The second-order valence-electron chi connectivity index (χ2n) is 8.78. The number of pyridine rings is 2. The minimum atomic E-state index is -4.64. The molecule has 0 atom stereocenters. The molecule has 1 saturated heterocycles. The minimum absolute atomic E-state index is 0.163. The number of H-pyrrole nitrogens is 1. The van der Waals surface area contributed by atoms with Crippen LogP contribution in [-0.2, 0) is 18.0 Å². The SMILES string of the molecule is COCCOc1n[nH]c2ncc(N3CCC(N(C)C(=O)Nc4cc(C(F)(F)F)cn(C)c4=O)CC3)cc12. The predicted molar refractivity (Wildman–Crippen MR) is 130 cm³/mol. The fourth-order valence-electron chi connectivity index (χ4n) is 4.21. The van der Waals surface area contributed by atoms with Gasteiger partial charge in [0.15, 0.2) is 5.65 Å². The molecule has 1 fully saturated rings. The summed E-state index contributed by atoms with van der Waals surface area (Å²) < 4.78 is 50.9. The van der Waals surface area contributed by atoms with Crippen LogP contribution in [0.3, 0.4) is 0 Å². The Bertz CT molecular complexity index is 1320.